The van der Waals surface area contributed by atoms with Crippen molar-refractivity contribution in [3.63, 3.8) is 0 Å². The van der Waals surface area contributed by atoms with Crippen LogP contribution < -0.4 is 0 Å². The summed E-state index contributed by atoms with van der Waals surface area (Å²) >= 11 is 0. The molecule has 5 nitrogen and oxygen atoms in total. The van der Waals surface area contributed by atoms with Crippen molar-refractivity contribution >= 4 is 11.9 Å². The molecule has 4 unspecified atom stereocenters. The van der Waals surface area contributed by atoms with Crippen LogP contribution in [0.2, 0.25) is 0 Å². The van der Waals surface area contributed by atoms with Gasteiger partial charge >= 0.3 is 11.9 Å². The van der Waals surface area contributed by atoms with E-state index in [-0.39, 0.29) is 18.0 Å². The molecule has 2 bridgehead atoms. The Morgan fingerprint density at radius 3 is 2.62 bits per heavy atom. The lowest BCUT2D eigenvalue weighted by Crippen LogP contribution is -2.55. The first-order valence-electron chi connectivity index (χ1n) is 8.75. The summed E-state index contributed by atoms with van der Waals surface area (Å²) in [4.78, 5) is 27.2. The Labute approximate surface area is 142 Å². The van der Waals surface area contributed by atoms with E-state index < -0.39 is 12.0 Å². The van der Waals surface area contributed by atoms with Gasteiger partial charge in [0.05, 0.1) is 12.7 Å². The molecule has 2 saturated heterocycles. The highest BCUT2D eigenvalue weighted by molar-refractivity contribution is 5.89. The summed E-state index contributed by atoms with van der Waals surface area (Å²) in [5.41, 5.74) is 0.518. The number of ether oxygens (including phenoxy) is 2. The maximum Gasteiger partial charge on any atom is 0.338 e. The van der Waals surface area contributed by atoms with Gasteiger partial charge in [0, 0.05) is 18.5 Å². The number of fused-ring (bicyclic) bond motifs is 2. The van der Waals surface area contributed by atoms with Crippen molar-refractivity contribution in [1.29, 1.82) is 0 Å². The number of rotatable bonds is 5. The molecule has 24 heavy (non-hydrogen) atoms. The Morgan fingerprint density at radius 1 is 1.21 bits per heavy atom. The van der Waals surface area contributed by atoms with Crippen molar-refractivity contribution in [3.8, 4) is 0 Å². The number of hydrogen-bond donors (Lipinski definition) is 0. The third-order valence-corrected chi connectivity index (χ3v) is 5.23. The quantitative estimate of drug-likeness (QED) is 0.777. The van der Waals surface area contributed by atoms with Crippen LogP contribution in [0.4, 0.5) is 0 Å². The zero-order valence-electron chi connectivity index (χ0n) is 14.3. The molecule has 130 valence electrons. The predicted molar refractivity (Wildman–Crippen MR) is 89.6 cm³/mol. The molecule has 1 aromatic rings. The van der Waals surface area contributed by atoms with Crippen LogP contribution in [0.5, 0.6) is 0 Å². The fraction of sp³-hybridized carbons (Fsp3) is 0.579. The van der Waals surface area contributed by atoms with E-state index in [4.69, 9.17) is 9.47 Å². The SMILES string of the molecule is CCCN1C2CCC1C(C(=O)OC)C(OC(=O)c1ccccc1)C2. The molecule has 0 amide bonds. The van der Waals surface area contributed by atoms with Crippen molar-refractivity contribution in [2.75, 3.05) is 13.7 Å². The minimum absolute atomic E-state index is 0.115. The van der Waals surface area contributed by atoms with Crippen LogP contribution in [0.1, 0.15) is 43.0 Å². The van der Waals surface area contributed by atoms with Crippen molar-refractivity contribution < 1.29 is 19.1 Å². The van der Waals surface area contributed by atoms with Crippen LogP contribution in [0.15, 0.2) is 30.3 Å². The Bertz CT molecular complexity index is 588. The molecule has 0 spiro atoms. The van der Waals surface area contributed by atoms with E-state index in [1.165, 1.54) is 7.11 Å². The molecule has 5 heteroatoms. The van der Waals surface area contributed by atoms with Crippen LogP contribution in [0.3, 0.4) is 0 Å². The summed E-state index contributed by atoms with van der Waals surface area (Å²) in [6.07, 6.45) is 3.36. The lowest BCUT2D eigenvalue weighted by atomic mass is 9.87. The van der Waals surface area contributed by atoms with E-state index in [9.17, 15) is 9.59 Å². The summed E-state index contributed by atoms with van der Waals surface area (Å²) in [6.45, 7) is 3.12. The van der Waals surface area contributed by atoms with E-state index in [1.807, 2.05) is 18.2 Å². The molecule has 0 N–H and O–H groups in total. The summed E-state index contributed by atoms with van der Waals surface area (Å²) < 4.78 is 10.8. The number of nitrogens with zero attached hydrogens (tertiary/aromatic N) is 1. The van der Waals surface area contributed by atoms with Gasteiger partial charge in [-0.15, -0.1) is 0 Å². The minimum Gasteiger partial charge on any atom is -0.469 e. The molecule has 2 aliphatic heterocycles. The Morgan fingerprint density at radius 2 is 1.96 bits per heavy atom. The standard InChI is InChI=1S/C19H25NO4/c1-3-11-20-14-9-10-15(20)17(19(22)23-2)16(12-14)24-18(21)13-7-5-4-6-8-13/h4-8,14-17H,3,9-12H2,1-2H3. The molecule has 2 heterocycles. The monoisotopic (exact) mass is 331 g/mol. The topological polar surface area (TPSA) is 55.8 Å². The van der Waals surface area contributed by atoms with Gasteiger partial charge in [0.2, 0.25) is 0 Å². The molecular formula is C19H25NO4. The number of esters is 2. The zero-order chi connectivity index (χ0) is 17.1. The second-order valence-corrected chi connectivity index (χ2v) is 6.63. The van der Waals surface area contributed by atoms with Gasteiger partial charge in [0.15, 0.2) is 0 Å². The largest absolute Gasteiger partial charge is 0.469 e. The van der Waals surface area contributed by atoms with E-state index in [1.54, 1.807) is 12.1 Å². The maximum absolute atomic E-state index is 12.4. The highest BCUT2D eigenvalue weighted by atomic mass is 16.6. The van der Waals surface area contributed by atoms with Crippen molar-refractivity contribution in [2.24, 2.45) is 5.92 Å². The molecule has 3 rings (SSSR count). The van der Waals surface area contributed by atoms with Gasteiger partial charge in [-0.2, -0.15) is 0 Å². The maximum atomic E-state index is 12.4. The molecule has 2 aliphatic rings. The molecular weight excluding hydrogens is 306 g/mol. The Hall–Kier alpha value is -1.88. The highest BCUT2D eigenvalue weighted by Crippen LogP contribution is 2.41. The second-order valence-electron chi connectivity index (χ2n) is 6.63. The summed E-state index contributed by atoms with van der Waals surface area (Å²) in [7, 11) is 1.41. The van der Waals surface area contributed by atoms with Crippen LogP contribution in [0.25, 0.3) is 0 Å². The molecule has 0 saturated carbocycles. The van der Waals surface area contributed by atoms with Crippen LogP contribution in [-0.4, -0.2) is 48.7 Å². The summed E-state index contributed by atoms with van der Waals surface area (Å²) in [5, 5.41) is 0. The third-order valence-electron chi connectivity index (χ3n) is 5.23. The Balaban J connectivity index is 1.79. The predicted octanol–water partition coefficient (Wildman–Crippen LogP) is 2.65. The van der Waals surface area contributed by atoms with E-state index in [2.05, 4.69) is 11.8 Å². The highest BCUT2D eigenvalue weighted by Gasteiger charge is 2.51. The van der Waals surface area contributed by atoms with Gasteiger partial charge in [0.25, 0.3) is 0 Å². The number of carbonyl (C=O) groups is 2. The fourth-order valence-corrected chi connectivity index (χ4v) is 4.22. The van der Waals surface area contributed by atoms with Gasteiger partial charge in [-0.1, -0.05) is 25.1 Å². The molecule has 0 aliphatic carbocycles. The average molecular weight is 331 g/mol. The Kier molecular flexibility index (Phi) is 5.19. The van der Waals surface area contributed by atoms with Gasteiger partial charge < -0.3 is 9.47 Å². The average Bonchev–Trinajstić information content (AvgIpc) is 2.88. The third kappa shape index (κ3) is 3.18. The van der Waals surface area contributed by atoms with Gasteiger partial charge in [0.1, 0.15) is 12.0 Å². The van der Waals surface area contributed by atoms with Gasteiger partial charge in [-0.3, -0.25) is 9.69 Å². The van der Waals surface area contributed by atoms with Crippen molar-refractivity contribution in [3.05, 3.63) is 35.9 Å². The lowest BCUT2D eigenvalue weighted by molar-refractivity contribution is -0.156. The van der Waals surface area contributed by atoms with Crippen LogP contribution in [0, 0.1) is 5.92 Å². The zero-order valence-corrected chi connectivity index (χ0v) is 14.3. The first-order valence-corrected chi connectivity index (χ1v) is 8.75. The van der Waals surface area contributed by atoms with E-state index in [0.717, 1.165) is 25.8 Å². The van der Waals surface area contributed by atoms with Gasteiger partial charge in [-0.05, 0) is 37.9 Å². The summed E-state index contributed by atoms with van der Waals surface area (Å²) in [5.74, 6) is -1.03. The number of methoxy groups -OCH3 is 1. The molecule has 2 fully saturated rings. The molecule has 4 atom stereocenters. The van der Waals surface area contributed by atoms with Gasteiger partial charge in [-0.25, -0.2) is 4.79 Å². The van der Waals surface area contributed by atoms with Crippen molar-refractivity contribution in [1.82, 2.24) is 4.90 Å². The first kappa shape index (κ1) is 17.0. The first-order chi connectivity index (χ1) is 11.7. The number of carbonyl (C=O) groups excluding carboxylic acids is 2. The lowest BCUT2D eigenvalue weighted by Gasteiger charge is -2.42. The smallest absolute Gasteiger partial charge is 0.338 e. The van der Waals surface area contributed by atoms with Crippen LogP contribution in [-0.2, 0) is 14.3 Å². The van der Waals surface area contributed by atoms with Crippen LogP contribution >= 0.6 is 0 Å². The number of piperidine rings is 1. The molecule has 0 radical (unpaired) electrons. The minimum atomic E-state index is -0.407. The fourth-order valence-electron chi connectivity index (χ4n) is 4.22. The second kappa shape index (κ2) is 7.34. The number of hydrogen-bond acceptors (Lipinski definition) is 5. The number of benzene rings is 1. The normalized spacial score (nSPS) is 29.2. The molecule has 1 aromatic carbocycles. The van der Waals surface area contributed by atoms with Crippen molar-refractivity contribution in [2.45, 2.75) is 50.8 Å². The molecule has 0 aromatic heterocycles. The summed E-state index contributed by atoms with van der Waals surface area (Å²) in [6, 6.07) is 9.45. The van der Waals surface area contributed by atoms with E-state index in [0.29, 0.717) is 18.0 Å². The van der Waals surface area contributed by atoms with E-state index >= 15 is 0 Å².